The third-order valence-corrected chi connectivity index (χ3v) is 4.72. The lowest BCUT2D eigenvalue weighted by molar-refractivity contribution is 0.0764. The SMILES string of the molecule is CCCCN(CC)C(=O)c1cc(-c2ccccc2)nc2c1c(C)nn2C. The van der Waals surface area contributed by atoms with Crippen molar-refractivity contribution in [2.75, 3.05) is 13.1 Å². The number of amides is 1. The van der Waals surface area contributed by atoms with Crippen molar-refractivity contribution in [3.05, 3.63) is 47.7 Å². The number of hydrogen-bond acceptors (Lipinski definition) is 3. The average Bonchev–Trinajstić information content (AvgIpc) is 2.96. The molecule has 0 fully saturated rings. The Morgan fingerprint density at radius 2 is 1.92 bits per heavy atom. The van der Waals surface area contributed by atoms with Crippen LogP contribution in [0.4, 0.5) is 0 Å². The van der Waals surface area contributed by atoms with Gasteiger partial charge in [-0.3, -0.25) is 9.48 Å². The van der Waals surface area contributed by atoms with Crippen molar-refractivity contribution in [2.24, 2.45) is 7.05 Å². The van der Waals surface area contributed by atoms with Gasteiger partial charge < -0.3 is 4.90 Å². The lowest BCUT2D eigenvalue weighted by Gasteiger charge is -2.21. The first-order valence-corrected chi connectivity index (χ1v) is 9.25. The van der Waals surface area contributed by atoms with Gasteiger partial charge >= 0.3 is 0 Å². The monoisotopic (exact) mass is 350 g/mol. The predicted molar refractivity (Wildman–Crippen MR) is 105 cm³/mol. The van der Waals surface area contributed by atoms with Crippen LogP contribution in [0.3, 0.4) is 0 Å². The van der Waals surface area contributed by atoms with E-state index in [4.69, 9.17) is 4.98 Å². The van der Waals surface area contributed by atoms with Crippen molar-refractivity contribution in [3.8, 4) is 11.3 Å². The number of hydrogen-bond donors (Lipinski definition) is 0. The molecule has 1 aromatic carbocycles. The molecule has 0 N–H and O–H groups in total. The molecule has 0 aliphatic heterocycles. The zero-order valence-corrected chi connectivity index (χ0v) is 16.0. The van der Waals surface area contributed by atoms with E-state index in [2.05, 4.69) is 12.0 Å². The molecule has 3 aromatic rings. The lowest BCUT2D eigenvalue weighted by Crippen LogP contribution is -2.32. The van der Waals surface area contributed by atoms with E-state index in [1.54, 1.807) is 4.68 Å². The van der Waals surface area contributed by atoms with Crippen molar-refractivity contribution in [3.63, 3.8) is 0 Å². The Labute approximate surface area is 154 Å². The standard InChI is InChI=1S/C21H26N4O/c1-5-7-13-25(6-2)21(26)17-14-18(16-11-9-8-10-12-16)22-20-19(17)15(3)23-24(20)4/h8-12,14H,5-7,13H2,1-4H3. The maximum absolute atomic E-state index is 13.3. The minimum atomic E-state index is 0.0571. The smallest absolute Gasteiger partial charge is 0.254 e. The van der Waals surface area contributed by atoms with Crippen LogP contribution in [0.2, 0.25) is 0 Å². The molecule has 0 atom stereocenters. The van der Waals surface area contributed by atoms with Gasteiger partial charge in [0.15, 0.2) is 5.65 Å². The number of carbonyl (C=O) groups excluding carboxylic acids is 1. The molecule has 0 spiro atoms. The van der Waals surface area contributed by atoms with Crippen LogP contribution >= 0.6 is 0 Å². The van der Waals surface area contributed by atoms with Crippen LogP contribution in [0.5, 0.6) is 0 Å². The summed E-state index contributed by atoms with van der Waals surface area (Å²) < 4.78 is 1.76. The molecule has 136 valence electrons. The number of pyridine rings is 1. The van der Waals surface area contributed by atoms with Crippen LogP contribution in [-0.2, 0) is 7.05 Å². The van der Waals surface area contributed by atoms with Crippen LogP contribution in [0.25, 0.3) is 22.3 Å². The molecule has 0 saturated heterocycles. The lowest BCUT2D eigenvalue weighted by atomic mass is 10.0. The number of fused-ring (bicyclic) bond motifs is 1. The summed E-state index contributed by atoms with van der Waals surface area (Å²) in [5.74, 6) is 0.0571. The molecule has 0 bridgehead atoms. The summed E-state index contributed by atoms with van der Waals surface area (Å²) in [5.41, 5.74) is 4.08. The van der Waals surface area contributed by atoms with E-state index in [1.165, 1.54) is 0 Å². The van der Waals surface area contributed by atoms with Crippen LogP contribution in [-0.4, -0.2) is 38.7 Å². The van der Waals surface area contributed by atoms with E-state index >= 15 is 0 Å². The van der Waals surface area contributed by atoms with Crippen LogP contribution in [0.15, 0.2) is 36.4 Å². The topological polar surface area (TPSA) is 51.0 Å². The number of aromatic nitrogens is 3. The maximum atomic E-state index is 13.3. The molecule has 2 aromatic heterocycles. The Kier molecular flexibility index (Phi) is 5.35. The molecule has 0 aliphatic carbocycles. The van der Waals surface area contributed by atoms with Gasteiger partial charge in [-0.15, -0.1) is 0 Å². The number of nitrogens with zero attached hydrogens (tertiary/aromatic N) is 4. The van der Waals surface area contributed by atoms with Gasteiger partial charge in [-0.2, -0.15) is 5.10 Å². The fourth-order valence-electron chi connectivity index (χ4n) is 3.29. The van der Waals surface area contributed by atoms with E-state index in [0.717, 1.165) is 47.4 Å². The Morgan fingerprint density at radius 1 is 1.19 bits per heavy atom. The van der Waals surface area contributed by atoms with Crippen molar-refractivity contribution in [1.82, 2.24) is 19.7 Å². The summed E-state index contributed by atoms with van der Waals surface area (Å²) in [4.78, 5) is 20.0. The molecule has 26 heavy (non-hydrogen) atoms. The molecule has 3 rings (SSSR count). The molecule has 1 amide bonds. The second-order valence-electron chi connectivity index (χ2n) is 6.57. The van der Waals surface area contributed by atoms with Gasteiger partial charge in [0.05, 0.1) is 22.3 Å². The Hall–Kier alpha value is -2.69. The van der Waals surface area contributed by atoms with Gasteiger partial charge in [-0.05, 0) is 26.3 Å². The van der Waals surface area contributed by atoms with Gasteiger partial charge in [0.2, 0.25) is 0 Å². The fraction of sp³-hybridized carbons (Fsp3) is 0.381. The molecular formula is C21H26N4O. The van der Waals surface area contributed by atoms with Crippen molar-refractivity contribution < 1.29 is 4.79 Å². The minimum Gasteiger partial charge on any atom is -0.339 e. The zero-order chi connectivity index (χ0) is 18.7. The quantitative estimate of drug-likeness (QED) is 0.669. The van der Waals surface area contributed by atoms with Crippen molar-refractivity contribution in [1.29, 1.82) is 0 Å². The van der Waals surface area contributed by atoms with Gasteiger partial charge in [-0.1, -0.05) is 43.7 Å². The highest BCUT2D eigenvalue weighted by molar-refractivity contribution is 6.07. The van der Waals surface area contributed by atoms with Gasteiger partial charge in [-0.25, -0.2) is 4.98 Å². The molecule has 2 heterocycles. The average molecular weight is 350 g/mol. The summed E-state index contributed by atoms with van der Waals surface area (Å²) in [6.07, 6.45) is 2.07. The highest BCUT2D eigenvalue weighted by Crippen LogP contribution is 2.27. The fourth-order valence-corrected chi connectivity index (χ4v) is 3.29. The third kappa shape index (κ3) is 3.34. The molecule has 0 unspecified atom stereocenters. The number of rotatable bonds is 6. The summed E-state index contributed by atoms with van der Waals surface area (Å²) in [5, 5.41) is 5.35. The van der Waals surface area contributed by atoms with Crippen molar-refractivity contribution >= 4 is 16.9 Å². The molecule has 5 heteroatoms. The first kappa shape index (κ1) is 18.1. The molecule has 0 aliphatic rings. The summed E-state index contributed by atoms with van der Waals surface area (Å²) >= 11 is 0. The Bertz CT molecular complexity index is 915. The summed E-state index contributed by atoms with van der Waals surface area (Å²) in [6, 6.07) is 11.9. The van der Waals surface area contributed by atoms with Gasteiger partial charge in [0, 0.05) is 25.7 Å². The Balaban J connectivity index is 2.17. The maximum Gasteiger partial charge on any atom is 0.254 e. The van der Waals surface area contributed by atoms with E-state index in [9.17, 15) is 4.79 Å². The van der Waals surface area contributed by atoms with Crippen LogP contribution in [0.1, 0.15) is 42.7 Å². The second kappa shape index (κ2) is 7.68. The Morgan fingerprint density at radius 3 is 2.58 bits per heavy atom. The normalized spacial score (nSPS) is 11.1. The minimum absolute atomic E-state index is 0.0571. The molecule has 0 radical (unpaired) electrons. The van der Waals surface area contributed by atoms with E-state index in [-0.39, 0.29) is 5.91 Å². The number of benzene rings is 1. The van der Waals surface area contributed by atoms with E-state index in [1.807, 2.05) is 62.2 Å². The third-order valence-electron chi connectivity index (χ3n) is 4.72. The van der Waals surface area contributed by atoms with Crippen LogP contribution in [0, 0.1) is 6.92 Å². The molecule has 0 saturated carbocycles. The van der Waals surface area contributed by atoms with Gasteiger partial charge in [0.25, 0.3) is 5.91 Å². The highest BCUT2D eigenvalue weighted by Gasteiger charge is 2.22. The highest BCUT2D eigenvalue weighted by atomic mass is 16.2. The van der Waals surface area contributed by atoms with E-state index in [0.29, 0.717) is 12.1 Å². The molecule has 5 nitrogen and oxygen atoms in total. The number of carbonyl (C=O) groups is 1. The summed E-state index contributed by atoms with van der Waals surface area (Å²) in [7, 11) is 1.88. The summed E-state index contributed by atoms with van der Waals surface area (Å²) in [6.45, 7) is 7.57. The first-order valence-electron chi connectivity index (χ1n) is 9.25. The van der Waals surface area contributed by atoms with Crippen molar-refractivity contribution in [2.45, 2.75) is 33.6 Å². The van der Waals surface area contributed by atoms with Gasteiger partial charge in [0.1, 0.15) is 0 Å². The van der Waals surface area contributed by atoms with E-state index < -0.39 is 0 Å². The van der Waals surface area contributed by atoms with Crippen LogP contribution < -0.4 is 0 Å². The number of aryl methyl sites for hydroxylation is 2. The molecular weight excluding hydrogens is 324 g/mol. The predicted octanol–water partition coefficient (Wildman–Crippen LogP) is 4.21. The largest absolute Gasteiger partial charge is 0.339 e. The number of unbranched alkanes of at least 4 members (excludes halogenated alkanes) is 1. The first-order chi connectivity index (χ1) is 12.6. The zero-order valence-electron chi connectivity index (χ0n) is 16.0. The second-order valence-corrected chi connectivity index (χ2v) is 6.57.